The van der Waals surface area contributed by atoms with Crippen molar-refractivity contribution in [3.05, 3.63) is 23.9 Å². The van der Waals surface area contributed by atoms with Crippen LogP contribution in [0.1, 0.15) is 31.1 Å². The molecule has 0 bridgehead atoms. The molecule has 0 spiro atoms. The second kappa shape index (κ2) is 5.17. The summed E-state index contributed by atoms with van der Waals surface area (Å²) >= 11 is 0. The lowest BCUT2D eigenvalue weighted by Crippen LogP contribution is -2.53. The Bertz CT molecular complexity index is 456. The molecule has 2 heterocycles. The van der Waals surface area contributed by atoms with Gasteiger partial charge in [-0.05, 0) is 32.9 Å². The van der Waals surface area contributed by atoms with Crippen LogP contribution in [-0.4, -0.2) is 47.6 Å². The van der Waals surface area contributed by atoms with Gasteiger partial charge in [-0.25, -0.2) is 4.98 Å². The third kappa shape index (κ3) is 3.23. The molecule has 1 fully saturated rings. The van der Waals surface area contributed by atoms with E-state index in [9.17, 15) is 4.79 Å². The van der Waals surface area contributed by atoms with Crippen molar-refractivity contribution >= 4 is 11.7 Å². The van der Waals surface area contributed by atoms with Crippen LogP contribution < -0.4 is 5.32 Å². The Morgan fingerprint density at radius 3 is 2.79 bits per heavy atom. The molecule has 1 aromatic heterocycles. The second-order valence-electron chi connectivity index (χ2n) is 5.56. The van der Waals surface area contributed by atoms with Crippen molar-refractivity contribution in [3.8, 4) is 0 Å². The number of carbonyl (C=O) groups is 1. The van der Waals surface area contributed by atoms with Crippen molar-refractivity contribution < 1.29 is 9.53 Å². The van der Waals surface area contributed by atoms with Gasteiger partial charge in [-0.15, -0.1) is 0 Å². The Balaban J connectivity index is 2.14. The van der Waals surface area contributed by atoms with Gasteiger partial charge in [0, 0.05) is 26.3 Å². The molecule has 19 heavy (non-hydrogen) atoms. The maximum absolute atomic E-state index is 12.4. The lowest BCUT2D eigenvalue weighted by Gasteiger charge is -2.41. The summed E-state index contributed by atoms with van der Waals surface area (Å²) in [5.41, 5.74) is 0.315. The molecule has 1 amide bonds. The first-order valence-electron chi connectivity index (χ1n) is 6.52. The number of amides is 1. The second-order valence-corrected chi connectivity index (χ2v) is 5.56. The zero-order valence-corrected chi connectivity index (χ0v) is 11.9. The lowest BCUT2D eigenvalue weighted by molar-refractivity contribution is -0.118. The number of anilines is 1. The van der Waals surface area contributed by atoms with Crippen molar-refractivity contribution in [2.45, 2.75) is 32.5 Å². The summed E-state index contributed by atoms with van der Waals surface area (Å²) in [6, 6.07) is 3.61. The zero-order valence-electron chi connectivity index (χ0n) is 11.9. The molecule has 0 aromatic carbocycles. The van der Waals surface area contributed by atoms with Crippen LogP contribution in [0.15, 0.2) is 18.3 Å². The van der Waals surface area contributed by atoms with Crippen molar-refractivity contribution in [2.24, 2.45) is 0 Å². The van der Waals surface area contributed by atoms with E-state index in [1.54, 1.807) is 19.3 Å². The summed E-state index contributed by atoms with van der Waals surface area (Å²) < 4.78 is 5.81. The number of hydrogen-bond acceptors (Lipinski definition) is 4. The maximum atomic E-state index is 12.4. The number of carbonyl (C=O) groups excluding carboxylic acids is 1. The van der Waals surface area contributed by atoms with Gasteiger partial charge in [0.2, 0.25) is 0 Å². The van der Waals surface area contributed by atoms with Crippen molar-refractivity contribution in [2.75, 3.05) is 25.5 Å². The van der Waals surface area contributed by atoms with E-state index in [1.807, 2.05) is 31.7 Å². The van der Waals surface area contributed by atoms with Gasteiger partial charge in [0.05, 0.1) is 17.3 Å². The Morgan fingerprint density at radius 1 is 1.53 bits per heavy atom. The number of nitrogens with zero attached hydrogens (tertiary/aromatic N) is 2. The molecular weight excluding hydrogens is 242 g/mol. The van der Waals surface area contributed by atoms with Crippen LogP contribution in [0.5, 0.6) is 0 Å². The van der Waals surface area contributed by atoms with E-state index in [0.717, 1.165) is 5.82 Å². The largest absolute Gasteiger partial charge is 0.373 e. The Kier molecular flexibility index (Phi) is 3.75. The first kappa shape index (κ1) is 13.8. The molecule has 2 rings (SSSR count). The number of nitrogens with one attached hydrogen (secondary N) is 1. The lowest BCUT2D eigenvalue weighted by atomic mass is 10.0. The highest BCUT2D eigenvalue weighted by molar-refractivity contribution is 5.94. The molecule has 5 heteroatoms. The fourth-order valence-electron chi connectivity index (χ4n) is 2.46. The molecule has 1 aliphatic heterocycles. The number of ether oxygens (including phenoxy) is 1. The highest BCUT2D eigenvalue weighted by Crippen LogP contribution is 2.22. The fourth-order valence-corrected chi connectivity index (χ4v) is 2.46. The number of morpholine rings is 1. The fraction of sp³-hybridized carbons (Fsp3) is 0.571. The molecule has 1 unspecified atom stereocenters. The van der Waals surface area contributed by atoms with Crippen LogP contribution in [0.4, 0.5) is 5.82 Å². The normalized spacial score (nSPS) is 22.1. The van der Waals surface area contributed by atoms with Crippen molar-refractivity contribution in [3.63, 3.8) is 0 Å². The van der Waals surface area contributed by atoms with E-state index in [1.165, 1.54) is 0 Å². The molecule has 0 radical (unpaired) electrons. The Hall–Kier alpha value is -1.62. The van der Waals surface area contributed by atoms with Crippen LogP contribution in [-0.2, 0) is 4.74 Å². The SMILES string of the molecule is CNc1ccc(C(=O)N2CC(C)OC(C)(C)C2)cn1. The molecule has 1 aliphatic rings. The zero-order chi connectivity index (χ0) is 14.0. The minimum Gasteiger partial charge on any atom is -0.373 e. The number of pyridine rings is 1. The Morgan fingerprint density at radius 2 is 2.26 bits per heavy atom. The standard InChI is InChI=1S/C14H21N3O2/c1-10-8-17(9-14(2,3)19-10)13(18)11-5-6-12(15-4)16-7-11/h5-7,10H,8-9H2,1-4H3,(H,15,16). The first-order chi connectivity index (χ1) is 8.91. The number of rotatable bonds is 2. The monoisotopic (exact) mass is 263 g/mol. The average Bonchev–Trinajstić information content (AvgIpc) is 2.35. The molecule has 0 aliphatic carbocycles. The summed E-state index contributed by atoms with van der Waals surface area (Å²) in [7, 11) is 1.80. The van der Waals surface area contributed by atoms with Crippen LogP contribution in [0.25, 0.3) is 0 Å². The van der Waals surface area contributed by atoms with Crippen LogP contribution in [0.3, 0.4) is 0 Å². The maximum Gasteiger partial charge on any atom is 0.255 e. The molecular formula is C14H21N3O2. The van der Waals surface area contributed by atoms with Gasteiger partial charge in [-0.1, -0.05) is 0 Å². The topological polar surface area (TPSA) is 54.5 Å². The van der Waals surface area contributed by atoms with Crippen molar-refractivity contribution in [1.29, 1.82) is 0 Å². The van der Waals surface area contributed by atoms with Gasteiger partial charge in [0.15, 0.2) is 0 Å². The third-order valence-corrected chi connectivity index (χ3v) is 3.12. The van der Waals surface area contributed by atoms with E-state index in [4.69, 9.17) is 4.74 Å². The molecule has 5 nitrogen and oxygen atoms in total. The summed E-state index contributed by atoms with van der Waals surface area (Å²) in [5.74, 6) is 0.769. The molecule has 1 atom stereocenters. The van der Waals surface area contributed by atoms with Gasteiger partial charge < -0.3 is 15.0 Å². The van der Waals surface area contributed by atoms with Gasteiger partial charge in [-0.3, -0.25) is 4.79 Å². The van der Waals surface area contributed by atoms with E-state index in [-0.39, 0.29) is 17.6 Å². The van der Waals surface area contributed by atoms with E-state index < -0.39 is 0 Å². The summed E-state index contributed by atoms with van der Waals surface area (Å²) in [6.45, 7) is 7.22. The van der Waals surface area contributed by atoms with Gasteiger partial charge in [0.1, 0.15) is 5.82 Å². The quantitative estimate of drug-likeness (QED) is 0.883. The molecule has 1 saturated heterocycles. The van der Waals surface area contributed by atoms with Gasteiger partial charge in [0.25, 0.3) is 5.91 Å². The molecule has 1 N–H and O–H groups in total. The minimum atomic E-state index is -0.300. The predicted octanol–water partition coefficient (Wildman–Crippen LogP) is 1.76. The van der Waals surface area contributed by atoms with Crippen LogP contribution in [0, 0.1) is 0 Å². The minimum absolute atomic E-state index is 0.0124. The summed E-state index contributed by atoms with van der Waals surface area (Å²) in [5, 5.41) is 2.94. The van der Waals surface area contributed by atoms with Crippen LogP contribution in [0.2, 0.25) is 0 Å². The van der Waals surface area contributed by atoms with Crippen molar-refractivity contribution in [1.82, 2.24) is 9.88 Å². The molecule has 104 valence electrons. The van der Waals surface area contributed by atoms with Gasteiger partial charge in [-0.2, -0.15) is 0 Å². The molecule has 1 aromatic rings. The highest BCUT2D eigenvalue weighted by Gasteiger charge is 2.34. The Labute approximate surface area is 114 Å². The average molecular weight is 263 g/mol. The molecule has 0 saturated carbocycles. The summed E-state index contributed by atoms with van der Waals surface area (Å²) in [4.78, 5) is 18.5. The number of aromatic nitrogens is 1. The van der Waals surface area contributed by atoms with Crippen LogP contribution >= 0.6 is 0 Å². The van der Waals surface area contributed by atoms with E-state index in [2.05, 4.69) is 10.3 Å². The predicted molar refractivity (Wildman–Crippen MR) is 74.3 cm³/mol. The first-order valence-corrected chi connectivity index (χ1v) is 6.52. The summed E-state index contributed by atoms with van der Waals surface area (Å²) in [6.07, 6.45) is 1.67. The van der Waals surface area contributed by atoms with E-state index >= 15 is 0 Å². The highest BCUT2D eigenvalue weighted by atomic mass is 16.5. The van der Waals surface area contributed by atoms with Gasteiger partial charge >= 0.3 is 0 Å². The smallest absolute Gasteiger partial charge is 0.255 e. The third-order valence-electron chi connectivity index (χ3n) is 3.12. The number of hydrogen-bond donors (Lipinski definition) is 1. The van der Waals surface area contributed by atoms with E-state index in [0.29, 0.717) is 18.7 Å².